The van der Waals surface area contributed by atoms with Gasteiger partial charge in [0, 0.05) is 25.9 Å². The van der Waals surface area contributed by atoms with Crippen LogP contribution in [-0.2, 0) is 19.1 Å². The van der Waals surface area contributed by atoms with Gasteiger partial charge in [0.05, 0.1) is 28.2 Å². The Kier molecular flexibility index (Phi) is 11.5. The number of carbonyl (C=O) groups is 4. The smallest absolute Gasteiger partial charge is 0.407 e. The number of likely N-dealkylation sites (tertiary alicyclic amines) is 1. The SMILES string of the molecule is Cc1ncsc1-c1ccc([C@H](C)NC(=O)[C@@H]2C[C@@H](O)CN2C(=O)C(NC(=O)CCCNC(=O)OC(C)(C)C)C(C)(C)C)cc1. The number of amides is 4. The number of aromatic nitrogens is 1. The van der Waals surface area contributed by atoms with E-state index in [0.29, 0.717) is 6.42 Å². The monoisotopic (exact) mass is 629 g/mol. The molecule has 12 heteroatoms. The van der Waals surface area contributed by atoms with Crippen molar-refractivity contribution in [3.05, 3.63) is 41.0 Å². The molecule has 1 aromatic carbocycles. The summed E-state index contributed by atoms with van der Waals surface area (Å²) < 4.78 is 5.20. The molecule has 11 nitrogen and oxygen atoms in total. The van der Waals surface area contributed by atoms with Crippen molar-refractivity contribution in [1.82, 2.24) is 25.8 Å². The maximum Gasteiger partial charge on any atom is 0.407 e. The molecule has 2 heterocycles. The number of rotatable bonds is 10. The van der Waals surface area contributed by atoms with Crippen LogP contribution in [0, 0.1) is 12.3 Å². The molecule has 0 spiro atoms. The third-order valence-electron chi connectivity index (χ3n) is 7.31. The number of nitrogens with one attached hydrogen (secondary N) is 3. The number of carbonyl (C=O) groups excluding carboxylic acids is 4. The van der Waals surface area contributed by atoms with Gasteiger partial charge in [-0.1, -0.05) is 45.0 Å². The molecule has 242 valence electrons. The highest BCUT2D eigenvalue weighted by atomic mass is 32.1. The summed E-state index contributed by atoms with van der Waals surface area (Å²) in [6, 6.07) is 5.78. The van der Waals surface area contributed by atoms with Crippen molar-refractivity contribution in [3.8, 4) is 10.4 Å². The number of aliphatic hydroxyl groups excluding tert-OH is 1. The molecule has 0 radical (unpaired) electrons. The zero-order valence-electron chi connectivity index (χ0n) is 27.0. The van der Waals surface area contributed by atoms with Gasteiger partial charge in [-0.3, -0.25) is 14.4 Å². The molecule has 0 saturated carbocycles. The number of aryl methyl sites for hydroxylation is 1. The minimum absolute atomic E-state index is 0.00351. The molecule has 3 rings (SSSR count). The van der Waals surface area contributed by atoms with Crippen LogP contribution in [0.3, 0.4) is 0 Å². The maximum atomic E-state index is 13.8. The molecule has 1 aromatic heterocycles. The van der Waals surface area contributed by atoms with E-state index in [1.54, 1.807) is 32.1 Å². The minimum atomic E-state index is -0.922. The lowest BCUT2D eigenvalue weighted by Crippen LogP contribution is -2.57. The van der Waals surface area contributed by atoms with Crippen molar-refractivity contribution in [1.29, 1.82) is 0 Å². The third kappa shape index (κ3) is 9.75. The number of ether oxygens (including phenoxy) is 1. The normalized spacial score (nSPS) is 18.3. The van der Waals surface area contributed by atoms with Crippen LogP contribution in [0.15, 0.2) is 29.8 Å². The summed E-state index contributed by atoms with van der Waals surface area (Å²) in [7, 11) is 0. The molecule has 44 heavy (non-hydrogen) atoms. The molecule has 0 aliphatic carbocycles. The number of hydrogen-bond acceptors (Lipinski definition) is 8. The van der Waals surface area contributed by atoms with Gasteiger partial charge in [-0.15, -0.1) is 11.3 Å². The molecule has 1 unspecified atom stereocenters. The standard InChI is InChI=1S/C32H47N5O6S/c1-19(21-11-13-22(14-12-21)26-20(2)34-18-44-26)35-28(40)24-16-23(38)17-37(24)29(41)27(31(3,4)5)36-25(39)10-9-15-33-30(42)43-32(6,7)8/h11-14,18-19,23-24,27,38H,9-10,15-17H2,1-8H3,(H,33,42)(H,35,40)(H,36,39)/t19-,23+,24-,27?/m0/s1. The molecular weight excluding hydrogens is 582 g/mol. The van der Waals surface area contributed by atoms with Crippen molar-refractivity contribution < 1.29 is 29.0 Å². The van der Waals surface area contributed by atoms with Crippen molar-refractivity contribution in [2.45, 2.75) is 104 Å². The van der Waals surface area contributed by atoms with Crippen LogP contribution < -0.4 is 16.0 Å². The van der Waals surface area contributed by atoms with E-state index < -0.39 is 41.2 Å². The maximum absolute atomic E-state index is 13.8. The fourth-order valence-electron chi connectivity index (χ4n) is 5.00. The number of hydrogen-bond donors (Lipinski definition) is 4. The number of alkyl carbamates (subject to hydrolysis) is 1. The first-order valence-corrected chi connectivity index (χ1v) is 15.9. The molecule has 4 amide bonds. The summed E-state index contributed by atoms with van der Waals surface area (Å²) in [5, 5.41) is 18.9. The third-order valence-corrected chi connectivity index (χ3v) is 8.29. The van der Waals surface area contributed by atoms with Gasteiger partial charge in [0.15, 0.2) is 0 Å². The summed E-state index contributed by atoms with van der Waals surface area (Å²) in [5.41, 5.74) is 3.45. The summed E-state index contributed by atoms with van der Waals surface area (Å²) in [6.45, 7) is 14.9. The van der Waals surface area contributed by atoms with E-state index in [1.807, 2.05) is 64.4 Å². The Morgan fingerprint density at radius 2 is 1.75 bits per heavy atom. The van der Waals surface area contributed by atoms with E-state index in [-0.39, 0.29) is 43.8 Å². The molecule has 1 saturated heterocycles. The number of β-amino-alcohol motifs (C(OH)–C–C–N with tert-alkyl or cyclic N) is 1. The van der Waals surface area contributed by atoms with E-state index in [1.165, 1.54) is 4.90 Å². The lowest BCUT2D eigenvalue weighted by atomic mass is 9.85. The minimum Gasteiger partial charge on any atom is -0.444 e. The van der Waals surface area contributed by atoms with Gasteiger partial charge in [-0.05, 0) is 57.6 Å². The zero-order valence-corrected chi connectivity index (χ0v) is 27.8. The van der Waals surface area contributed by atoms with E-state index in [2.05, 4.69) is 20.9 Å². The fourth-order valence-corrected chi connectivity index (χ4v) is 5.81. The Hall–Kier alpha value is -3.51. The molecule has 4 N–H and O–H groups in total. The van der Waals surface area contributed by atoms with E-state index >= 15 is 0 Å². The molecule has 0 bridgehead atoms. The van der Waals surface area contributed by atoms with Crippen molar-refractivity contribution in [3.63, 3.8) is 0 Å². The topological polar surface area (TPSA) is 150 Å². The second kappa shape index (κ2) is 14.5. The lowest BCUT2D eigenvalue weighted by Gasteiger charge is -2.35. The van der Waals surface area contributed by atoms with Crippen LogP contribution in [-0.4, -0.2) is 75.7 Å². The van der Waals surface area contributed by atoms with Crippen molar-refractivity contribution >= 4 is 35.2 Å². The number of aliphatic hydroxyl groups is 1. The Morgan fingerprint density at radius 1 is 1.09 bits per heavy atom. The van der Waals surface area contributed by atoms with Gasteiger partial charge in [-0.25, -0.2) is 9.78 Å². The Labute approximate surface area is 264 Å². The molecule has 2 aromatic rings. The van der Waals surface area contributed by atoms with Crippen molar-refractivity contribution in [2.75, 3.05) is 13.1 Å². The van der Waals surface area contributed by atoms with Gasteiger partial charge in [0.25, 0.3) is 0 Å². The quantitative estimate of drug-likeness (QED) is 0.289. The summed E-state index contributed by atoms with van der Waals surface area (Å²) >= 11 is 1.57. The van der Waals surface area contributed by atoms with Gasteiger partial charge >= 0.3 is 6.09 Å². The van der Waals surface area contributed by atoms with Gasteiger partial charge < -0.3 is 30.7 Å². The second-order valence-electron chi connectivity index (χ2n) is 13.4. The van der Waals surface area contributed by atoms with Gasteiger partial charge in [0.2, 0.25) is 17.7 Å². The van der Waals surface area contributed by atoms with Crippen LogP contribution in [0.5, 0.6) is 0 Å². The Balaban J connectivity index is 1.61. The number of benzene rings is 1. The van der Waals surface area contributed by atoms with Crippen LogP contribution in [0.25, 0.3) is 10.4 Å². The van der Waals surface area contributed by atoms with Crippen molar-refractivity contribution in [2.24, 2.45) is 5.41 Å². The van der Waals surface area contributed by atoms with Crippen LogP contribution >= 0.6 is 11.3 Å². The van der Waals surface area contributed by atoms with E-state index in [0.717, 1.165) is 21.7 Å². The lowest BCUT2D eigenvalue weighted by molar-refractivity contribution is -0.144. The van der Waals surface area contributed by atoms with Crippen LogP contribution in [0.2, 0.25) is 0 Å². The number of nitrogens with zero attached hydrogens (tertiary/aromatic N) is 2. The second-order valence-corrected chi connectivity index (χ2v) is 14.3. The highest BCUT2D eigenvalue weighted by molar-refractivity contribution is 7.13. The van der Waals surface area contributed by atoms with Crippen LogP contribution in [0.4, 0.5) is 4.79 Å². The van der Waals surface area contributed by atoms with Crippen LogP contribution in [0.1, 0.15) is 85.0 Å². The Morgan fingerprint density at radius 3 is 2.32 bits per heavy atom. The predicted molar refractivity (Wildman–Crippen MR) is 170 cm³/mol. The summed E-state index contributed by atoms with van der Waals surface area (Å²) in [4.78, 5) is 58.7. The molecule has 1 fully saturated rings. The largest absolute Gasteiger partial charge is 0.444 e. The summed E-state index contributed by atoms with van der Waals surface area (Å²) in [5.74, 6) is -1.14. The highest BCUT2D eigenvalue weighted by Gasteiger charge is 2.44. The first-order valence-electron chi connectivity index (χ1n) is 15.0. The first kappa shape index (κ1) is 35.0. The molecule has 1 aliphatic heterocycles. The van der Waals surface area contributed by atoms with Gasteiger partial charge in [-0.2, -0.15) is 0 Å². The van der Waals surface area contributed by atoms with Gasteiger partial charge in [0.1, 0.15) is 17.7 Å². The zero-order chi connectivity index (χ0) is 32.8. The average molecular weight is 630 g/mol. The Bertz CT molecular complexity index is 1310. The fraction of sp³-hybridized carbons (Fsp3) is 0.594. The summed E-state index contributed by atoms with van der Waals surface area (Å²) in [6.07, 6.45) is -0.875. The highest BCUT2D eigenvalue weighted by Crippen LogP contribution is 2.29. The first-order chi connectivity index (χ1) is 20.5. The van der Waals surface area contributed by atoms with E-state index in [4.69, 9.17) is 4.74 Å². The molecule has 4 atom stereocenters. The average Bonchev–Trinajstić information content (AvgIpc) is 3.53. The molecule has 1 aliphatic rings. The molecular formula is C32H47N5O6S. The predicted octanol–water partition coefficient (Wildman–Crippen LogP) is 4.09. The number of thiazole rings is 1. The van der Waals surface area contributed by atoms with E-state index in [9.17, 15) is 24.3 Å².